The summed E-state index contributed by atoms with van der Waals surface area (Å²) >= 11 is 1.42. The van der Waals surface area contributed by atoms with Crippen LogP contribution < -0.4 is 4.74 Å². The van der Waals surface area contributed by atoms with Crippen LogP contribution in [0.1, 0.15) is 10.4 Å². The Morgan fingerprint density at radius 2 is 1.95 bits per heavy atom. The number of benzene rings is 2. The molecule has 0 heterocycles. The Hall–Kier alpha value is -1.81. The van der Waals surface area contributed by atoms with Crippen LogP contribution in [0.25, 0.3) is 0 Å². The molecule has 2 aromatic rings. The van der Waals surface area contributed by atoms with E-state index in [0.29, 0.717) is 5.56 Å². The second kappa shape index (κ2) is 6.38. The summed E-state index contributed by atoms with van der Waals surface area (Å²) in [6.07, 6.45) is 0. The molecule has 0 saturated heterocycles. The molecule has 2 nitrogen and oxygen atoms in total. The van der Waals surface area contributed by atoms with E-state index in [1.54, 1.807) is 19.2 Å². The molecule has 0 fully saturated rings. The Bertz CT molecular complexity index is 567. The molecule has 0 saturated carbocycles. The number of carbonyl (C=O) groups is 1. The summed E-state index contributed by atoms with van der Waals surface area (Å²) in [4.78, 5) is 12.9. The standard InChI is InChI=1S/C15H13FO2S/c1-18-13-5-7-14(8-6-13)19-10-15(17)11-3-2-4-12(16)9-11/h2-9H,10H2,1H3. The van der Waals surface area contributed by atoms with Crippen molar-refractivity contribution in [1.29, 1.82) is 0 Å². The lowest BCUT2D eigenvalue weighted by molar-refractivity contribution is 0.102. The largest absolute Gasteiger partial charge is 0.497 e. The number of halogens is 1. The molecule has 98 valence electrons. The minimum atomic E-state index is -0.389. The minimum absolute atomic E-state index is 0.0830. The molecule has 0 spiro atoms. The maximum Gasteiger partial charge on any atom is 0.173 e. The van der Waals surface area contributed by atoms with E-state index in [2.05, 4.69) is 0 Å². The van der Waals surface area contributed by atoms with E-state index in [1.165, 1.54) is 23.9 Å². The zero-order chi connectivity index (χ0) is 13.7. The Balaban J connectivity index is 1.96. The molecule has 4 heteroatoms. The maximum atomic E-state index is 13.0. The van der Waals surface area contributed by atoms with Crippen molar-refractivity contribution in [3.8, 4) is 5.75 Å². The third kappa shape index (κ3) is 3.83. The molecule has 0 aliphatic heterocycles. The molecule has 2 rings (SSSR count). The molecule has 0 atom stereocenters. The van der Waals surface area contributed by atoms with Gasteiger partial charge in [0.05, 0.1) is 12.9 Å². The lowest BCUT2D eigenvalue weighted by Gasteiger charge is -2.03. The van der Waals surface area contributed by atoms with Gasteiger partial charge in [0.25, 0.3) is 0 Å². The predicted octanol–water partition coefficient (Wildman–Crippen LogP) is 3.81. The smallest absolute Gasteiger partial charge is 0.173 e. The first-order valence-corrected chi connectivity index (χ1v) is 6.73. The van der Waals surface area contributed by atoms with Gasteiger partial charge in [-0.2, -0.15) is 0 Å². The molecule has 0 amide bonds. The molecular formula is C15H13FO2S. The second-order valence-electron chi connectivity index (χ2n) is 3.90. The summed E-state index contributed by atoms with van der Waals surface area (Å²) in [6.45, 7) is 0. The van der Waals surface area contributed by atoms with Crippen LogP contribution in [0, 0.1) is 5.82 Å². The molecule has 0 aliphatic carbocycles. The van der Waals surface area contributed by atoms with Crippen molar-refractivity contribution in [1.82, 2.24) is 0 Å². The van der Waals surface area contributed by atoms with Crippen molar-refractivity contribution in [3.63, 3.8) is 0 Å². The van der Waals surface area contributed by atoms with Crippen LogP contribution >= 0.6 is 11.8 Å². The topological polar surface area (TPSA) is 26.3 Å². The molecule has 0 bridgehead atoms. The van der Waals surface area contributed by atoms with Crippen LogP contribution in [0.2, 0.25) is 0 Å². The lowest BCUT2D eigenvalue weighted by Crippen LogP contribution is -2.02. The van der Waals surface area contributed by atoms with E-state index in [-0.39, 0.29) is 17.4 Å². The van der Waals surface area contributed by atoms with Gasteiger partial charge in [0.2, 0.25) is 0 Å². The van der Waals surface area contributed by atoms with Gasteiger partial charge in [0, 0.05) is 10.5 Å². The number of ketones is 1. The first-order valence-electron chi connectivity index (χ1n) is 5.74. The summed E-state index contributed by atoms with van der Waals surface area (Å²) in [5.41, 5.74) is 0.404. The lowest BCUT2D eigenvalue weighted by atomic mass is 10.1. The number of hydrogen-bond donors (Lipinski definition) is 0. The van der Waals surface area contributed by atoms with Crippen molar-refractivity contribution in [2.75, 3.05) is 12.9 Å². The normalized spacial score (nSPS) is 10.2. The van der Waals surface area contributed by atoms with E-state index >= 15 is 0 Å². The van der Waals surface area contributed by atoms with Gasteiger partial charge in [-0.1, -0.05) is 12.1 Å². The molecule has 0 radical (unpaired) electrons. The zero-order valence-corrected chi connectivity index (χ0v) is 11.2. The van der Waals surface area contributed by atoms with E-state index in [1.807, 2.05) is 24.3 Å². The third-order valence-corrected chi connectivity index (χ3v) is 3.59. The average Bonchev–Trinajstić information content (AvgIpc) is 2.45. The molecular weight excluding hydrogens is 263 g/mol. The summed E-state index contributed by atoms with van der Waals surface area (Å²) in [6, 6.07) is 13.2. The van der Waals surface area contributed by atoms with E-state index in [9.17, 15) is 9.18 Å². The minimum Gasteiger partial charge on any atom is -0.497 e. The van der Waals surface area contributed by atoms with Gasteiger partial charge in [-0.3, -0.25) is 4.79 Å². The number of rotatable bonds is 5. The Morgan fingerprint density at radius 1 is 1.21 bits per heavy atom. The Morgan fingerprint density at radius 3 is 2.58 bits per heavy atom. The fourth-order valence-electron chi connectivity index (χ4n) is 1.57. The maximum absolute atomic E-state index is 13.0. The van der Waals surface area contributed by atoms with Gasteiger partial charge in [-0.25, -0.2) is 4.39 Å². The van der Waals surface area contributed by atoms with Crippen LogP contribution in [0.4, 0.5) is 4.39 Å². The monoisotopic (exact) mass is 276 g/mol. The van der Waals surface area contributed by atoms with Crippen molar-refractivity contribution in [2.45, 2.75) is 4.90 Å². The van der Waals surface area contributed by atoms with Crippen LogP contribution in [0.5, 0.6) is 5.75 Å². The summed E-state index contributed by atoms with van der Waals surface area (Å²) < 4.78 is 18.1. The van der Waals surface area contributed by atoms with Crippen molar-refractivity contribution in [2.24, 2.45) is 0 Å². The molecule has 2 aromatic carbocycles. The van der Waals surface area contributed by atoms with Gasteiger partial charge in [-0.05, 0) is 36.4 Å². The SMILES string of the molecule is COc1ccc(SCC(=O)c2cccc(F)c2)cc1. The van der Waals surface area contributed by atoms with Gasteiger partial charge in [-0.15, -0.1) is 11.8 Å². The highest BCUT2D eigenvalue weighted by molar-refractivity contribution is 8.00. The van der Waals surface area contributed by atoms with Crippen molar-refractivity contribution in [3.05, 3.63) is 59.9 Å². The molecule has 0 N–H and O–H groups in total. The quantitative estimate of drug-likeness (QED) is 0.613. The van der Waals surface area contributed by atoms with Crippen LogP contribution in [0.15, 0.2) is 53.4 Å². The van der Waals surface area contributed by atoms with Crippen LogP contribution in [-0.2, 0) is 0 Å². The van der Waals surface area contributed by atoms with Crippen LogP contribution in [-0.4, -0.2) is 18.6 Å². The fourth-order valence-corrected chi connectivity index (χ4v) is 2.36. The first kappa shape index (κ1) is 13.6. The van der Waals surface area contributed by atoms with Crippen molar-refractivity contribution < 1.29 is 13.9 Å². The summed E-state index contributed by atoms with van der Waals surface area (Å²) in [5.74, 6) is 0.594. The van der Waals surface area contributed by atoms with Gasteiger partial charge in [0.15, 0.2) is 5.78 Å². The second-order valence-corrected chi connectivity index (χ2v) is 4.95. The fraction of sp³-hybridized carbons (Fsp3) is 0.133. The van der Waals surface area contributed by atoms with E-state index in [0.717, 1.165) is 10.6 Å². The predicted molar refractivity (Wildman–Crippen MR) is 74.4 cm³/mol. The van der Waals surface area contributed by atoms with Crippen molar-refractivity contribution >= 4 is 17.5 Å². The summed E-state index contributed by atoms with van der Waals surface area (Å²) in [7, 11) is 1.61. The molecule has 0 aromatic heterocycles. The van der Waals surface area contributed by atoms with Gasteiger partial charge >= 0.3 is 0 Å². The highest BCUT2D eigenvalue weighted by Gasteiger charge is 2.07. The zero-order valence-electron chi connectivity index (χ0n) is 10.4. The Kier molecular flexibility index (Phi) is 4.58. The highest BCUT2D eigenvalue weighted by Crippen LogP contribution is 2.22. The number of thioether (sulfide) groups is 1. The molecule has 0 aliphatic rings. The summed E-state index contributed by atoms with van der Waals surface area (Å²) in [5, 5.41) is 0. The number of Topliss-reactive ketones (excluding diaryl/α,β-unsaturated/α-hetero) is 1. The van der Waals surface area contributed by atoms with Crippen LogP contribution in [0.3, 0.4) is 0 Å². The molecule has 0 unspecified atom stereocenters. The number of methoxy groups -OCH3 is 1. The average molecular weight is 276 g/mol. The van der Waals surface area contributed by atoms with E-state index in [4.69, 9.17) is 4.74 Å². The van der Waals surface area contributed by atoms with E-state index < -0.39 is 0 Å². The number of carbonyl (C=O) groups excluding carboxylic acids is 1. The van der Waals surface area contributed by atoms with Gasteiger partial charge < -0.3 is 4.74 Å². The van der Waals surface area contributed by atoms with Gasteiger partial charge in [0.1, 0.15) is 11.6 Å². The molecule has 19 heavy (non-hydrogen) atoms. The number of hydrogen-bond acceptors (Lipinski definition) is 3. The Labute approximate surface area is 115 Å². The number of ether oxygens (including phenoxy) is 1. The first-order chi connectivity index (χ1) is 9.19. The third-order valence-electron chi connectivity index (χ3n) is 2.58. The highest BCUT2D eigenvalue weighted by atomic mass is 32.2.